The van der Waals surface area contributed by atoms with Crippen LogP contribution in [0.25, 0.3) is 22.3 Å². The first kappa shape index (κ1) is 23.6. The molecular weight excluding hydrogens is 474 g/mol. The van der Waals surface area contributed by atoms with E-state index >= 15 is 0 Å². The van der Waals surface area contributed by atoms with E-state index in [0.29, 0.717) is 38.5 Å². The number of sulfone groups is 1. The first-order valence-corrected chi connectivity index (χ1v) is 13.0. The number of rotatable bonds is 6. The Morgan fingerprint density at radius 1 is 0.912 bits per heavy atom. The number of nitriles is 1. The molecule has 0 atom stereocenters. The van der Waals surface area contributed by atoms with Gasteiger partial charge in [-0.2, -0.15) is 5.26 Å². The number of benzene rings is 3. The summed E-state index contributed by atoms with van der Waals surface area (Å²) in [5.41, 5.74) is 3.70. The minimum Gasteiger partial charge on any atom is -0.263 e. The van der Waals surface area contributed by atoms with Crippen LogP contribution in [-0.2, 0) is 15.6 Å². The van der Waals surface area contributed by atoms with E-state index in [2.05, 4.69) is 11.1 Å². The smallest absolute Gasteiger partial charge is 0.175 e. The lowest BCUT2D eigenvalue weighted by molar-refractivity contribution is 0.601. The Morgan fingerprint density at radius 2 is 1.56 bits per heavy atom. The van der Waals surface area contributed by atoms with Crippen molar-refractivity contribution < 1.29 is 17.2 Å². The summed E-state index contributed by atoms with van der Waals surface area (Å²) >= 11 is 1.38. The molecule has 0 aliphatic carbocycles. The summed E-state index contributed by atoms with van der Waals surface area (Å²) in [7, 11) is -3.57. The first-order valence-electron chi connectivity index (χ1n) is 10.1. The van der Waals surface area contributed by atoms with Gasteiger partial charge in [-0.3, -0.25) is 4.98 Å². The molecule has 4 rings (SSSR count). The lowest BCUT2D eigenvalue weighted by Crippen LogP contribution is -2.01. The molecule has 0 spiro atoms. The second-order valence-corrected chi connectivity index (χ2v) is 10.6. The lowest BCUT2D eigenvalue weighted by Gasteiger charge is -2.18. The van der Waals surface area contributed by atoms with Crippen molar-refractivity contribution in [3.8, 4) is 28.3 Å². The van der Waals surface area contributed by atoms with E-state index in [1.807, 2.05) is 0 Å². The molecule has 3 aromatic carbocycles. The Hall–Kier alpha value is -3.54. The third-order valence-electron chi connectivity index (χ3n) is 5.12. The molecule has 8 heteroatoms. The zero-order valence-corrected chi connectivity index (χ0v) is 19.6. The number of hydrogen-bond donors (Lipinski definition) is 0. The van der Waals surface area contributed by atoms with Crippen LogP contribution in [0, 0.1) is 23.0 Å². The maximum Gasteiger partial charge on any atom is 0.175 e. The number of nitrogens with zero attached hydrogens (tertiary/aromatic N) is 2. The summed E-state index contributed by atoms with van der Waals surface area (Å²) in [6.07, 6.45) is 4.17. The van der Waals surface area contributed by atoms with Crippen LogP contribution in [0.1, 0.15) is 11.1 Å². The van der Waals surface area contributed by atoms with Crippen molar-refractivity contribution in [1.29, 1.82) is 5.26 Å². The van der Waals surface area contributed by atoms with Gasteiger partial charge in [-0.15, -0.1) is 11.8 Å². The highest BCUT2D eigenvalue weighted by Crippen LogP contribution is 2.42. The average molecular weight is 493 g/mol. The van der Waals surface area contributed by atoms with Gasteiger partial charge in [-0.25, -0.2) is 17.2 Å². The standard InChI is InChI=1S/C26H18F2N2O2S2/c1-34(31,32)23-11-24(19-4-8-22(28)9-5-19)26(20-10-18(13-29)14-30-15-20)25(12-23)33-16-17-2-6-21(27)7-3-17/h2-12,14-15H,16H2,1H3. The minimum absolute atomic E-state index is 0.113. The van der Waals surface area contributed by atoms with Crippen LogP contribution in [-0.4, -0.2) is 19.7 Å². The summed E-state index contributed by atoms with van der Waals surface area (Å²) in [5.74, 6) is -0.301. The van der Waals surface area contributed by atoms with Crippen LogP contribution >= 0.6 is 11.8 Å². The third-order valence-corrected chi connectivity index (χ3v) is 7.33. The SMILES string of the molecule is CS(=O)(=O)c1cc(SCc2ccc(F)cc2)c(-c2cncc(C#N)c2)c(-c2ccc(F)cc2)c1. The van der Waals surface area contributed by atoms with E-state index in [1.54, 1.807) is 48.7 Å². The van der Waals surface area contributed by atoms with Gasteiger partial charge in [0.2, 0.25) is 0 Å². The Bertz CT molecular complexity index is 1500. The minimum atomic E-state index is -3.57. The van der Waals surface area contributed by atoms with Gasteiger partial charge in [0, 0.05) is 40.4 Å². The van der Waals surface area contributed by atoms with E-state index in [1.165, 1.54) is 42.2 Å². The number of halogens is 2. The van der Waals surface area contributed by atoms with Gasteiger partial charge < -0.3 is 0 Å². The molecule has 0 unspecified atom stereocenters. The van der Waals surface area contributed by atoms with Crippen LogP contribution in [0.2, 0.25) is 0 Å². The molecule has 4 aromatic rings. The second kappa shape index (κ2) is 9.75. The predicted molar refractivity (Wildman–Crippen MR) is 129 cm³/mol. The highest BCUT2D eigenvalue weighted by atomic mass is 32.2. The van der Waals surface area contributed by atoms with Crippen molar-refractivity contribution in [1.82, 2.24) is 4.98 Å². The van der Waals surface area contributed by atoms with Crippen molar-refractivity contribution in [3.63, 3.8) is 0 Å². The van der Waals surface area contributed by atoms with E-state index in [0.717, 1.165) is 11.8 Å². The van der Waals surface area contributed by atoms with Gasteiger partial charge in [-0.05, 0) is 59.2 Å². The molecular formula is C26H18F2N2O2S2. The fourth-order valence-electron chi connectivity index (χ4n) is 3.45. The fraction of sp³-hybridized carbons (Fsp3) is 0.0769. The van der Waals surface area contributed by atoms with Crippen LogP contribution < -0.4 is 0 Å². The quantitative estimate of drug-likeness (QED) is 0.297. The maximum absolute atomic E-state index is 13.6. The van der Waals surface area contributed by atoms with Crippen molar-refractivity contribution in [3.05, 3.63) is 102 Å². The monoisotopic (exact) mass is 492 g/mol. The van der Waals surface area contributed by atoms with Crippen molar-refractivity contribution >= 4 is 21.6 Å². The summed E-state index contributed by atoms with van der Waals surface area (Å²) in [6, 6.07) is 18.7. The summed E-state index contributed by atoms with van der Waals surface area (Å²) < 4.78 is 52.0. The van der Waals surface area contributed by atoms with Gasteiger partial charge in [0.25, 0.3) is 0 Å². The van der Waals surface area contributed by atoms with Crippen LogP contribution in [0.5, 0.6) is 0 Å². The lowest BCUT2D eigenvalue weighted by atomic mass is 9.94. The number of aromatic nitrogens is 1. The molecule has 0 aliphatic rings. The van der Waals surface area contributed by atoms with Crippen LogP contribution in [0.4, 0.5) is 8.78 Å². The molecule has 0 N–H and O–H groups in total. The molecule has 0 amide bonds. The molecule has 0 fully saturated rings. The second-order valence-electron chi connectivity index (χ2n) is 7.61. The van der Waals surface area contributed by atoms with Gasteiger partial charge in [0.1, 0.15) is 17.7 Å². The van der Waals surface area contributed by atoms with E-state index in [-0.39, 0.29) is 10.7 Å². The van der Waals surface area contributed by atoms with E-state index in [4.69, 9.17) is 0 Å². The van der Waals surface area contributed by atoms with E-state index < -0.39 is 15.7 Å². The Morgan fingerprint density at radius 3 is 2.18 bits per heavy atom. The molecule has 1 heterocycles. The van der Waals surface area contributed by atoms with E-state index in [9.17, 15) is 22.5 Å². The molecule has 0 saturated heterocycles. The zero-order valence-electron chi connectivity index (χ0n) is 18.0. The number of pyridine rings is 1. The van der Waals surface area contributed by atoms with Crippen LogP contribution in [0.3, 0.4) is 0 Å². The zero-order chi connectivity index (χ0) is 24.3. The first-order chi connectivity index (χ1) is 16.2. The molecule has 0 bridgehead atoms. The van der Waals surface area contributed by atoms with Gasteiger partial charge in [0.05, 0.1) is 10.5 Å². The fourth-order valence-corrected chi connectivity index (χ4v) is 5.29. The Kier molecular flexibility index (Phi) is 6.77. The van der Waals surface area contributed by atoms with Crippen molar-refractivity contribution in [2.24, 2.45) is 0 Å². The molecule has 34 heavy (non-hydrogen) atoms. The predicted octanol–water partition coefficient (Wildman–Crippen LogP) is 6.26. The van der Waals surface area contributed by atoms with Crippen molar-refractivity contribution in [2.45, 2.75) is 15.5 Å². The molecule has 1 aromatic heterocycles. The Balaban J connectivity index is 1.95. The van der Waals surface area contributed by atoms with Crippen LogP contribution in [0.15, 0.2) is 88.9 Å². The maximum atomic E-state index is 13.6. The highest BCUT2D eigenvalue weighted by Gasteiger charge is 2.20. The average Bonchev–Trinajstić information content (AvgIpc) is 2.83. The third kappa shape index (κ3) is 5.33. The largest absolute Gasteiger partial charge is 0.263 e. The number of hydrogen-bond acceptors (Lipinski definition) is 5. The normalized spacial score (nSPS) is 11.2. The number of thioether (sulfide) groups is 1. The molecule has 4 nitrogen and oxygen atoms in total. The van der Waals surface area contributed by atoms with Crippen molar-refractivity contribution in [2.75, 3.05) is 6.26 Å². The molecule has 0 saturated carbocycles. The molecule has 0 aliphatic heterocycles. The summed E-state index contributed by atoms with van der Waals surface area (Å²) in [4.78, 5) is 4.92. The summed E-state index contributed by atoms with van der Waals surface area (Å²) in [6.45, 7) is 0. The van der Waals surface area contributed by atoms with Gasteiger partial charge >= 0.3 is 0 Å². The molecule has 170 valence electrons. The van der Waals surface area contributed by atoms with Gasteiger partial charge in [0.15, 0.2) is 9.84 Å². The Labute approximate surface area is 200 Å². The highest BCUT2D eigenvalue weighted by molar-refractivity contribution is 7.98. The molecule has 0 radical (unpaired) electrons. The summed E-state index contributed by atoms with van der Waals surface area (Å²) in [5, 5.41) is 9.37. The van der Waals surface area contributed by atoms with Gasteiger partial charge in [-0.1, -0.05) is 24.3 Å². The topological polar surface area (TPSA) is 70.8 Å².